The van der Waals surface area contributed by atoms with E-state index in [-0.39, 0.29) is 36.1 Å². The number of anilines is 1. The van der Waals surface area contributed by atoms with Gasteiger partial charge in [-0.15, -0.1) is 0 Å². The summed E-state index contributed by atoms with van der Waals surface area (Å²) in [4.78, 5) is 40.2. The fraction of sp³-hybridized carbons (Fsp3) is 0.519. The van der Waals surface area contributed by atoms with E-state index in [2.05, 4.69) is 30.7 Å². The molecule has 11 heteroatoms. The van der Waals surface area contributed by atoms with E-state index in [1.54, 1.807) is 13.0 Å². The van der Waals surface area contributed by atoms with Crippen LogP contribution in [-0.2, 0) is 9.59 Å². The minimum Gasteiger partial charge on any atom is -0.345 e. The molecular formula is C27H36FN7O3. The normalized spacial score (nSPS) is 17.3. The van der Waals surface area contributed by atoms with Crippen LogP contribution >= 0.6 is 0 Å². The average Bonchev–Trinajstić information content (AvgIpc) is 3.54. The Morgan fingerprint density at radius 1 is 1.26 bits per heavy atom. The van der Waals surface area contributed by atoms with Gasteiger partial charge in [0.05, 0.1) is 24.4 Å². The van der Waals surface area contributed by atoms with Crippen molar-refractivity contribution in [1.29, 1.82) is 0 Å². The van der Waals surface area contributed by atoms with Gasteiger partial charge in [0.15, 0.2) is 5.82 Å². The Morgan fingerprint density at radius 3 is 2.74 bits per heavy atom. The molecule has 1 saturated heterocycles. The van der Waals surface area contributed by atoms with Gasteiger partial charge in [-0.05, 0) is 57.7 Å². The number of halogens is 1. The van der Waals surface area contributed by atoms with Crippen LogP contribution in [0.4, 0.5) is 10.4 Å². The van der Waals surface area contributed by atoms with Gasteiger partial charge >= 0.3 is 6.01 Å². The fourth-order valence-corrected chi connectivity index (χ4v) is 4.56. The maximum atomic E-state index is 14.4. The highest BCUT2D eigenvalue weighted by Gasteiger charge is 2.31. The molecule has 0 spiro atoms. The summed E-state index contributed by atoms with van der Waals surface area (Å²) in [5.74, 6) is 0.122. The van der Waals surface area contributed by atoms with Crippen LogP contribution in [0, 0.1) is 12.7 Å². The lowest BCUT2D eigenvalue weighted by atomic mass is 10.0. The van der Waals surface area contributed by atoms with E-state index < -0.39 is 18.0 Å². The molecule has 204 valence electrons. The van der Waals surface area contributed by atoms with Crippen molar-refractivity contribution in [1.82, 2.24) is 30.3 Å². The molecule has 3 heterocycles. The number of hydrogen-bond acceptors (Lipinski definition) is 7. The number of piperidine rings is 1. The molecule has 0 unspecified atom stereocenters. The fourth-order valence-electron chi connectivity index (χ4n) is 4.56. The molecular weight excluding hydrogens is 489 g/mol. The van der Waals surface area contributed by atoms with Crippen molar-refractivity contribution in [2.24, 2.45) is 0 Å². The molecule has 1 aliphatic rings. The lowest BCUT2D eigenvalue weighted by molar-refractivity contribution is -0.137. The van der Waals surface area contributed by atoms with Crippen LogP contribution in [0.1, 0.15) is 82.6 Å². The highest BCUT2D eigenvalue weighted by molar-refractivity contribution is 5.90. The average molecular weight is 526 g/mol. The van der Waals surface area contributed by atoms with E-state index in [0.29, 0.717) is 29.5 Å². The zero-order chi connectivity index (χ0) is 27.4. The number of nitrogens with one attached hydrogen (secondary N) is 3. The second-order valence-corrected chi connectivity index (χ2v) is 10.3. The molecule has 2 aromatic heterocycles. The monoisotopic (exact) mass is 525 g/mol. The first-order valence-corrected chi connectivity index (χ1v) is 13.1. The summed E-state index contributed by atoms with van der Waals surface area (Å²) in [7, 11) is 0. The van der Waals surface area contributed by atoms with Crippen molar-refractivity contribution in [2.75, 3.05) is 11.9 Å². The third-order valence-corrected chi connectivity index (χ3v) is 6.85. The predicted molar refractivity (Wildman–Crippen MR) is 141 cm³/mol. The van der Waals surface area contributed by atoms with Crippen LogP contribution in [0.2, 0.25) is 0 Å². The van der Waals surface area contributed by atoms with Crippen molar-refractivity contribution in [3.63, 3.8) is 0 Å². The number of benzene rings is 1. The molecule has 0 aliphatic carbocycles. The van der Waals surface area contributed by atoms with Crippen LogP contribution < -0.4 is 10.6 Å². The van der Waals surface area contributed by atoms with Crippen molar-refractivity contribution < 1.29 is 18.5 Å². The summed E-state index contributed by atoms with van der Waals surface area (Å²) in [6.07, 6.45) is 4.44. The van der Waals surface area contributed by atoms with Gasteiger partial charge in [-0.3, -0.25) is 9.59 Å². The Morgan fingerprint density at radius 2 is 2.05 bits per heavy atom. The van der Waals surface area contributed by atoms with Crippen LogP contribution in [0.5, 0.6) is 0 Å². The van der Waals surface area contributed by atoms with Gasteiger partial charge in [0, 0.05) is 24.1 Å². The molecule has 4 rings (SSSR count). The third kappa shape index (κ3) is 6.38. The van der Waals surface area contributed by atoms with Crippen LogP contribution in [0.25, 0.3) is 11.3 Å². The molecule has 10 nitrogen and oxygen atoms in total. The number of rotatable bonds is 9. The first-order chi connectivity index (χ1) is 18.1. The van der Waals surface area contributed by atoms with Crippen molar-refractivity contribution >= 4 is 17.8 Å². The van der Waals surface area contributed by atoms with E-state index >= 15 is 0 Å². The zero-order valence-electron chi connectivity index (χ0n) is 22.5. The quantitative estimate of drug-likeness (QED) is 0.376. The van der Waals surface area contributed by atoms with E-state index in [1.165, 1.54) is 12.3 Å². The summed E-state index contributed by atoms with van der Waals surface area (Å²) in [6.45, 7) is 10.2. The lowest BCUT2D eigenvalue weighted by Crippen LogP contribution is -2.47. The van der Waals surface area contributed by atoms with Gasteiger partial charge in [0.25, 0.3) is 0 Å². The van der Waals surface area contributed by atoms with Gasteiger partial charge in [0.2, 0.25) is 11.8 Å². The molecule has 0 radical (unpaired) electrons. The standard InChI is InChI=1S/C27H36FN7O3/c1-15(2)24-33-27(38-34-24)32-21(13-23(36)35-11-7-6-8-17(35)4)26(37)30-18(5)25-29-14-22(31-25)19-10-9-16(3)12-20(19)28/h9-10,12,14-15,17-18,21H,6-8,11,13H2,1-5H3,(H,29,31)(H,30,37)(H,32,33,34)/t17-,18-,21-/m0/s1. The second-order valence-electron chi connectivity index (χ2n) is 10.3. The summed E-state index contributed by atoms with van der Waals surface area (Å²) in [6, 6.07) is 3.70. The van der Waals surface area contributed by atoms with E-state index in [1.807, 2.05) is 38.7 Å². The number of aryl methyl sites for hydroxylation is 1. The van der Waals surface area contributed by atoms with Crippen LogP contribution in [0.3, 0.4) is 0 Å². The van der Waals surface area contributed by atoms with Gasteiger partial charge in [-0.25, -0.2) is 9.37 Å². The van der Waals surface area contributed by atoms with E-state index in [9.17, 15) is 14.0 Å². The Kier molecular flexibility index (Phi) is 8.43. The number of amides is 2. The number of hydrogen-bond donors (Lipinski definition) is 3. The molecule has 3 atom stereocenters. The Hall–Kier alpha value is -3.76. The first-order valence-electron chi connectivity index (χ1n) is 13.1. The third-order valence-electron chi connectivity index (χ3n) is 6.85. The number of likely N-dealkylation sites (tertiary alicyclic amines) is 1. The number of aromatic nitrogens is 4. The van der Waals surface area contributed by atoms with Gasteiger partial charge in [-0.2, -0.15) is 4.98 Å². The Labute approximate surface area is 221 Å². The summed E-state index contributed by atoms with van der Waals surface area (Å²) >= 11 is 0. The molecule has 0 bridgehead atoms. The molecule has 1 aliphatic heterocycles. The lowest BCUT2D eigenvalue weighted by Gasteiger charge is -2.34. The predicted octanol–water partition coefficient (Wildman–Crippen LogP) is 4.48. The Balaban J connectivity index is 1.49. The van der Waals surface area contributed by atoms with E-state index in [0.717, 1.165) is 24.8 Å². The largest absolute Gasteiger partial charge is 0.345 e. The number of carbonyl (C=O) groups is 2. The van der Waals surface area contributed by atoms with Gasteiger partial charge in [0.1, 0.15) is 17.7 Å². The molecule has 38 heavy (non-hydrogen) atoms. The SMILES string of the molecule is Cc1ccc(-c2cnc([C@H](C)NC(=O)[C@H](CC(=O)N3CCCC[C@@H]3C)Nc3nc(C(C)C)no3)[nH]2)c(F)c1. The highest BCUT2D eigenvalue weighted by atomic mass is 19.1. The number of nitrogens with zero attached hydrogens (tertiary/aromatic N) is 4. The molecule has 3 aromatic rings. The van der Waals surface area contributed by atoms with Crippen LogP contribution in [0.15, 0.2) is 28.9 Å². The minimum atomic E-state index is -0.941. The maximum Gasteiger partial charge on any atom is 0.322 e. The number of imidazole rings is 1. The zero-order valence-corrected chi connectivity index (χ0v) is 22.5. The molecule has 0 saturated carbocycles. The van der Waals surface area contributed by atoms with Crippen molar-refractivity contribution in [2.45, 2.75) is 84.3 Å². The van der Waals surface area contributed by atoms with Crippen molar-refractivity contribution in [3.8, 4) is 11.3 Å². The smallest absolute Gasteiger partial charge is 0.322 e. The maximum absolute atomic E-state index is 14.4. The second kappa shape index (κ2) is 11.7. The summed E-state index contributed by atoms with van der Waals surface area (Å²) in [5.41, 5.74) is 1.72. The van der Waals surface area contributed by atoms with Gasteiger partial charge in [-0.1, -0.05) is 25.1 Å². The Bertz CT molecular complexity index is 1270. The minimum absolute atomic E-state index is 0.0453. The van der Waals surface area contributed by atoms with Gasteiger partial charge < -0.3 is 25.0 Å². The van der Waals surface area contributed by atoms with Crippen molar-refractivity contribution in [3.05, 3.63) is 47.4 Å². The van der Waals surface area contributed by atoms with Crippen LogP contribution in [-0.4, -0.2) is 55.5 Å². The first kappa shape index (κ1) is 27.3. The topological polar surface area (TPSA) is 129 Å². The summed E-state index contributed by atoms with van der Waals surface area (Å²) < 4.78 is 19.7. The number of aromatic amines is 1. The molecule has 1 fully saturated rings. The molecule has 3 N–H and O–H groups in total. The number of H-pyrrole nitrogens is 1. The molecule has 1 aromatic carbocycles. The highest BCUT2D eigenvalue weighted by Crippen LogP contribution is 2.24. The molecule has 2 amide bonds. The number of carbonyl (C=O) groups excluding carboxylic acids is 2. The van der Waals surface area contributed by atoms with E-state index in [4.69, 9.17) is 4.52 Å². The summed E-state index contributed by atoms with van der Waals surface area (Å²) in [5, 5.41) is 9.80.